The maximum absolute atomic E-state index is 12.8. The van der Waals surface area contributed by atoms with Gasteiger partial charge in [0.2, 0.25) is 15.9 Å². The van der Waals surface area contributed by atoms with Gasteiger partial charge in [-0.2, -0.15) is 0 Å². The predicted octanol–water partition coefficient (Wildman–Crippen LogP) is 3.31. The Morgan fingerprint density at radius 3 is 2.60 bits per heavy atom. The third kappa shape index (κ3) is 4.37. The number of nitrogens with one attached hydrogen (secondary N) is 1. The number of fused-ring (bicyclic) bond motifs is 1. The van der Waals surface area contributed by atoms with Crippen LogP contribution in [0, 0.1) is 5.92 Å². The molecule has 2 aromatic rings. The van der Waals surface area contributed by atoms with Gasteiger partial charge in [0, 0.05) is 44.5 Å². The van der Waals surface area contributed by atoms with Gasteiger partial charge in [-0.15, -0.1) is 0 Å². The summed E-state index contributed by atoms with van der Waals surface area (Å²) in [6.07, 6.45) is 3.17. The molecule has 2 heterocycles. The van der Waals surface area contributed by atoms with Crippen molar-refractivity contribution in [1.29, 1.82) is 0 Å². The average Bonchev–Trinajstić information content (AvgIpc) is 3.16. The number of anilines is 2. The topological polar surface area (TPSA) is 69.7 Å². The van der Waals surface area contributed by atoms with Crippen LogP contribution < -0.4 is 14.5 Å². The minimum absolute atomic E-state index is 0.0232. The number of nitrogens with zero attached hydrogens (tertiary/aromatic N) is 2. The van der Waals surface area contributed by atoms with Crippen LogP contribution in [0.2, 0.25) is 0 Å². The Kier molecular flexibility index (Phi) is 5.84. The number of benzene rings is 2. The van der Waals surface area contributed by atoms with Gasteiger partial charge < -0.3 is 9.80 Å². The smallest absolute Gasteiger partial charge is 0.240 e. The summed E-state index contributed by atoms with van der Waals surface area (Å²) < 4.78 is 28.2. The average molecular weight is 428 g/mol. The van der Waals surface area contributed by atoms with Gasteiger partial charge in [-0.1, -0.05) is 19.1 Å². The van der Waals surface area contributed by atoms with Crippen LogP contribution in [0.15, 0.2) is 47.4 Å². The Balaban J connectivity index is 1.41. The molecule has 1 fully saturated rings. The van der Waals surface area contributed by atoms with Crippen molar-refractivity contribution in [2.75, 3.05) is 29.4 Å². The lowest BCUT2D eigenvalue weighted by atomic mass is 9.99. The Morgan fingerprint density at radius 1 is 1.13 bits per heavy atom. The fourth-order valence-corrected chi connectivity index (χ4v) is 5.45. The van der Waals surface area contributed by atoms with E-state index in [0.29, 0.717) is 18.9 Å². The van der Waals surface area contributed by atoms with Crippen molar-refractivity contribution in [3.05, 3.63) is 53.6 Å². The van der Waals surface area contributed by atoms with E-state index >= 15 is 0 Å². The van der Waals surface area contributed by atoms with Crippen LogP contribution in [0.25, 0.3) is 0 Å². The number of sulfonamides is 1. The second-order valence-corrected chi connectivity index (χ2v) is 10.2. The predicted molar refractivity (Wildman–Crippen MR) is 119 cm³/mol. The Hall–Kier alpha value is -2.38. The molecular weight excluding hydrogens is 398 g/mol. The zero-order valence-corrected chi connectivity index (χ0v) is 18.4. The van der Waals surface area contributed by atoms with Gasteiger partial charge in [-0.25, -0.2) is 13.1 Å². The molecule has 1 amide bonds. The second-order valence-electron chi connectivity index (χ2n) is 8.40. The first kappa shape index (κ1) is 20.9. The van der Waals surface area contributed by atoms with Crippen molar-refractivity contribution in [2.45, 2.75) is 44.6 Å². The van der Waals surface area contributed by atoms with Crippen LogP contribution in [-0.4, -0.2) is 34.0 Å². The quantitative estimate of drug-likeness (QED) is 0.795. The summed E-state index contributed by atoms with van der Waals surface area (Å²) in [4.78, 5) is 16.0. The van der Waals surface area contributed by atoms with Crippen molar-refractivity contribution in [2.24, 2.45) is 5.92 Å². The van der Waals surface area contributed by atoms with Gasteiger partial charge in [0.1, 0.15) is 0 Å². The third-order valence-electron chi connectivity index (χ3n) is 6.06. The molecular formula is C23H29N3O3S. The molecule has 6 nitrogen and oxygen atoms in total. The SMILES string of the molecule is CC(=O)N1CCc2cc(S(=O)(=O)NCc3ccc(N4CCC[C@@H](C)C4)cc3)ccc21. The van der Waals surface area contributed by atoms with Gasteiger partial charge in [0.25, 0.3) is 0 Å². The van der Waals surface area contributed by atoms with Crippen molar-refractivity contribution < 1.29 is 13.2 Å². The number of hydrogen-bond acceptors (Lipinski definition) is 4. The van der Waals surface area contributed by atoms with Crippen LogP contribution in [0.1, 0.15) is 37.8 Å². The molecule has 2 aliphatic heterocycles. The number of carbonyl (C=O) groups is 1. The molecule has 0 aliphatic carbocycles. The molecule has 7 heteroatoms. The number of piperidine rings is 1. The maximum Gasteiger partial charge on any atom is 0.240 e. The number of amides is 1. The molecule has 30 heavy (non-hydrogen) atoms. The number of carbonyl (C=O) groups excluding carboxylic acids is 1. The highest BCUT2D eigenvalue weighted by Gasteiger charge is 2.24. The highest BCUT2D eigenvalue weighted by Crippen LogP contribution is 2.30. The van der Waals surface area contributed by atoms with E-state index in [1.165, 1.54) is 25.5 Å². The molecule has 0 saturated carbocycles. The molecule has 0 bridgehead atoms. The normalized spacial score (nSPS) is 19.1. The van der Waals surface area contributed by atoms with Crippen LogP contribution in [0.5, 0.6) is 0 Å². The van der Waals surface area contributed by atoms with E-state index in [9.17, 15) is 13.2 Å². The van der Waals surface area contributed by atoms with Gasteiger partial charge >= 0.3 is 0 Å². The highest BCUT2D eigenvalue weighted by atomic mass is 32.2. The summed E-state index contributed by atoms with van der Waals surface area (Å²) in [7, 11) is -3.62. The lowest BCUT2D eigenvalue weighted by molar-refractivity contribution is -0.116. The van der Waals surface area contributed by atoms with E-state index in [-0.39, 0.29) is 17.3 Å². The van der Waals surface area contributed by atoms with E-state index in [2.05, 4.69) is 28.7 Å². The van der Waals surface area contributed by atoms with Crippen molar-refractivity contribution in [3.8, 4) is 0 Å². The standard InChI is InChI=1S/C23H29N3O3S/c1-17-4-3-12-25(16-17)21-7-5-19(6-8-21)15-24-30(28,29)22-9-10-23-20(14-22)11-13-26(23)18(2)27/h5-10,14,17,24H,3-4,11-13,15-16H2,1-2H3/t17-/m1/s1. The van der Waals surface area contributed by atoms with Gasteiger partial charge in [0.05, 0.1) is 4.90 Å². The molecule has 160 valence electrons. The summed E-state index contributed by atoms with van der Waals surface area (Å²) in [5, 5.41) is 0. The van der Waals surface area contributed by atoms with Crippen LogP contribution >= 0.6 is 0 Å². The lowest BCUT2D eigenvalue weighted by Gasteiger charge is -2.32. The minimum Gasteiger partial charge on any atom is -0.371 e. The van der Waals surface area contributed by atoms with E-state index in [4.69, 9.17) is 0 Å². The van der Waals surface area contributed by atoms with Crippen LogP contribution in [-0.2, 0) is 27.8 Å². The Morgan fingerprint density at radius 2 is 1.90 bits per heavy atom. The van der Waals surface area contributed by atoms with Gasteiger partial charge in [-0.3, -0.25) is 4.79 Å². The molecule has 0 aromatic heterocycles. The zero-order valence-electron chi connectivity index (χ0n) is 17.6. The maximum atomic E-state index is 12.8. The van der Waals surface area contributed by atoms with E-state index < -0.39 is 10.0 Å². The molecule has 2 aromatic carbocycles. The first-order valence-corrected chi connectivity index (χ1v) is 12.1. The lowest BCUT2D eigenvalue weighted by Crippen LogP contribution is -2.34. The molecule has 1 N–H and O–H groups in total. The highest BCUT2D eigenvalue weighted by molar-refractivity contribution is 7.89. The zero-order chi connectivity index (χ0) is 21.3. The van der Waals surface area contributed by atoms with Crippen molar-refractivity contribution in [3.63, 3.8) is 0 Å². The molecule has 4 rings (SSSR count). The second kappa shape index (κ2) is 8.40. The van der Waals surface area contributed by atoms with Gasteiger partial charge in [-0.05, 0) is 66.6 Å². The summed E-state index contributed by atoms with van der Waals surface area (Å²) in [6.45, 7) is 6.81. The van der Waals surface area contributed by atoms with E-state index in [1.54, 1.807) is 23.1 Å². The largest absolute Gasteiger partial charge is 0.371 e. The fraction of sp³-hybridized carbons (Fsp3) is 0.435. The van der Waals surface area contributed by atoms with Gasteiger partial charge in [0.15, 0.2) is 0 Å². The molecule has 0 radical (unpaired) electrons. The molecule has 2 aliphatic rings. The third-order valence-corrected chi connectivity index (χ3v) is 7.46. The summed E-state index contributed by atoms with van der Waals surface area (Å²) in [6, 6.07) is 13.1. The molecule has 0 spiro atoms. The summed E-state index contributed by atoms with van der Waals surface area (Å²) >= 11 is 0. The first-order chi connectivity index (χ1) is 14.3. The monoisotopic (exact) mass is 427 g/mol. The Bertz CT molecular complexity index is 1030. The molecule has 1 saturated heterocycles. The first-order valence-electron chi connectivity index (χ1n) is 10.6. The molecule has 1 atom stereocenters. The fourth-order valence-electron chi connectivity index (χ4n) is 4.38. The number of hydrogen-bond donors (Lipinski definition) is 1. The van der Waals surface area contributed by atoms with Crippen molar-refractivity contribution in [1.82, 2.24) is 4.72 Å². The summed E-state index contributed by atoms with van der Waals surface area (Å²) in [5.74, 6) is 0.685. The molecule has 0 unspecified atom stereocenters. The van der Waals surface area contributed by atoms with E-state index in [0.717, 1.165) is 29.9 Å². The van der Waals surface area contributed by atoms with Crippen LogP contribution in [0.4, 0.5) is 11.4 Å². The minimum atomic E-state index is -3.62. The number of rotatable bonds is 5. The van der Waals surface area contributed by atoms with Crippen molar-refractivity contribution >= 4 is 27.3 Å². The van der Waals surface area contributed by atoms with Crippen LogP contribution in [0.3, 0.4) is 0 Å². The summed E-state index contributed by atoms with van der Waals surface area (Å²) in [5.41, 5.74) is 3.83. The Labute approximate surface area is 178 Å². The van der Waals surface area contributed by atoms with E-state index in [1.807, 2.05) is 12.1 Å².